The highest BCUT2D eigenvalue weighted by Gasteiger charge is 2.20. The van der Waals surface area contributed by atoms with Gasteiger partial charge < -0.3 is 10.8 Å². The zero-order valence-electron chi connectivity index (χ0n) is 8.35. The number of nitrogen functional groups attached to an aromatic ring is 1. The zero-order valence-corrected chi connectivity index (χ0v) is 8.35. The maximum Gasteiger partial charge on any atom is 0.338 e. The number of aromatic nitrogens is 3. The summed E-state index contributed by atoms with van der Waals surface area (Å²) in [6.07, 6.45) is 1.31. The third-order valence-corrected chi connectivity index (χ3v) is 2.50. The van der Waals surface area contributed by atoms with Crippen LogP contribution in [0.4, 0.5) is 5.82 Å². The topological polar surface area (TPSA) is 93.5 Å². The van der Waals surface area contributed by atoms with Gasteiger partial charge in [0.1, 0.15) is 11.8 Å². The first-order valence-corrected chi connectivity index (χ1v) is 4.35. The van der Waals surface area contributed by atoms with E-state index in [1.54, 1.807) is 13.8 Å². The summed E-state index contributed by atoms with van der Waals surface area (Å²) >= 11 is 0. The van der Waals surface area contributed by atoms with E-state index >= 15 is 0 Å². The number of carbonyl (C=O) groups is 1. The third-order valence-electron chi connectivity index (χ3n) is 2.50. The van der Waals surface area contributed by atoms with Gasteiger partial charge in [-0.05, 0) is 19.4 Å². The minimum Gasteiger partial charge on any atom is -0.478 e. The van der Waals surface area contributed by atoms with Gasteiger partial charge in [0, 0.05) is 5.69 Å². The molecular formula is C9H10N4O2. The molecule has 6 heteroatoms. The Morgan fingerprint density at radius 3 is 2.80 bits per heavy atom. The Morgan fingerprint density at radius 2 is 2.20 bits per heavy atom. The summed E-state index contributed by atoms with van der Waals surface area (Å²) < 4.78 is 1.50. The van der Waals surface area contributed by atoms with Gasteiger partial charge in [0.05, 0.1) is 5.56 Å². The Labute approximate surface area is 85.3 Å². The first kappa shape index (κ1) is 9.45. The number of nitrogens with zero attached hydrogens (tertiary/aromatic N) is 3. The number of aromatic carboxylic acids is 1. The normalized spacial score (nSPS) is 10.8. The lowest BCUT2D eigenvalue weighted by molar-refractivity contribution is 0.0698. The molecule has 0 radical (unpaired) electrons. The van der Waals surface area contributed by atoms with Crippen molar-refractivity contribution in [2.45, 2.75) is 13.8 Å². The van der Waals surface area contributed by atoms with Crippen molar-refractivity contribution in [3.63, 3.8) is 0 Å². The van der Waals surface area contributed by atoms with Crippen molar-refractivity contribution in [1.82, 2.24) is 14.6 Å². The van der Waals surface area contributed by atoms with E-state index in [4.69, 9.17) is 10.8 Å². The average Bonchev–Trinajstić information content (AvgIpc) is 2.43. The number of aryl methyl sites for hydroxylation is 1. The van der Waals surface area contributed by atoms with Gasteiger partial charge in [-0.15, -0.1) is 0 Å². The molecule has 2 rings (SSSR count). The lowest BCUT2D eigenvalue weighted by atomic mass is 10.1. The van der Waals surface area contributed by atoms with Crippen molar-refractivity contribution < 1.29 is 9.90 Å². The summed E-state index contributed by atoms with van der Waals surface area (Å²) in [6.45, 7) is 3.52. The third kappa shape index (κ3) is 1.14. The standard InChI is InChI=1S/C9H10N4O2/c1-4-5(2)13-7(6(4)9(14)15)8(10)11-3-12-13/h3H,1-2H3,(H,14,15)(H2,10,11,12). The van der Waals surface area contributed by atoms with Gasteiger partial charge >= 0.3 is 5.97 Å². The van der Waals surface area contributed by atoms with E-state index in [-0.39, 0.29) is 11.4 Å². The van der Waals surface area contributed by atoms with E-state index < -0.39 is 5.97 Å². The summed E-state index contributed by atoms with van der Waals surface area (Å²) in [5.74, 6) is -0.835. The van der Waals surface area contributed by atoms with Crippen molar-refractivity contribution in [3.05, 3.63) is 23.1 Å². The molecule has 0 aliphatic rings. The van der Waals surface area contributed by atoms with Crippen LogP contribution < -0.4 is 5.73 Å². The number of hydrogen-bond acceptors (Lipinski definition) is 4. The van der Waals surface area contributed by atoms with Gasteiger partial charge in [-0.2, -0.15) is 5.10 Å². The number of hydrogen-bond donors (Lipinski definition) is 2. The Balaban J connectivity index is 3.02. The van der Waals surface area contributed by atoms with Crippen molar-refractivity contribution >= 4 is 17.3 Å². The Kier molecular flexibility index (Phi) is 1.85. The van der Waals surface area contributed by atoms with Gasteiger partial charge in [0.25, 0.3) is 0 Å². The van der Waals surface area contributed by atoms with Crippen LogP contribution in [0.1, 0.15) is 21.6 Å². The Morgan fingerprint density at radius 1 is 1.53 bits per heavy atom. The van der Waals surface area contributed by atoms with Crippen LogP contribution in [-0.4, -0.2) is 25.7 Å². The number of fused-ring (bicyclic) bond motifs is 1. The fourth-order valence-corrected chi connectivity index (χ4v) is 1.63. The van der Waals surface area contributed by atoms with Crippen molar-refractivity contribution in [1.29, 1.82) is 0 Å². The molecule has 0 amide bonds. The summed E-state index contributed by atoms with van der Waals surface area (Å²) in [5, 5.41) is 13.0. The number of carboxylic acid groups (broad SMARTS) is 1. The second-order valence-corrected chi connectivity index (χ2v) is 3.30. The van der Waals surface area contributed by atoms with E-state index in [0.717, 1.165) is 5.69 Å². The van der Waals surface area contributed by atoms with Crippen LogP contribution >= 0.6 is 0 Å². The van der Waals surface area contributed by atoms with Gasteiger partial charge in [-0.3, -0.25) is 0 Å². The predicted octanol–water partition coefficient (Wildman–Crippen LogP) is 0.627. The van der Waals surface area contributed by atoms with E-state index in [0.29, 0.717) is 11.1 Å². The first-order valence-electron chi connectivity index (χ1n) is 4.35. The molecule has 0 aliphatic carbocycles. The van der Waals surface area contributed by atoms with Crippen LogP contribution in [0.3, 0.4) is 0 Å². The molecule has 0 spiro atoms. The Bertz CT molecular complexity index is 559. The largest absolute Gasteiger partial charge is 0.478 e. The second kappa shape index (κ2) is 2.94. The number of anilines is 1. The van der Waals surface area contributed by atoms with Crippen molar-refractivity contribution in [2.75, 3.05) is 5.73 Å². The lowest BCUT2D eigenvalue weighted by Crippen LogP contribution is -2.03. The molecule has 15 heavy (non-hydrogen) atoms. The summed E-state index contributed by atoms with van der Waals surface area (Å²) in [6, 6.07) is 0. The average molecular weight is 206 g/mol. The minimum absolute atomic E-state index is 0.172. The molecule has 6 nitrogen and oxygen atoms in total. The monoisotopic (exact) mass is 206 g/mol. The molecule has 0 unspecified atom stereocenters. The molecule has 78 valence electrons. The molecule has 2 aromatic rings. The highest BCUT2D eigenvalue weighted by molar-refractivity contribution is 6.01. The number of carboxylic acids is 1. The molecular weight excluding hydrogens is 196 g/mol. The molecule has 3 N–H and O–H groups in total. The van der Waals surface area contributed by atoms with Gasteiger partial charge in [-0.1, -0.05) is 0 Å². The van der Waals surface area contributed by atoms with E-state index in [1.165, 1.54) is 10.8 Å². The van der Waals surface area contributed by atoms with E-state index in [1.807, 2.05) is 0 Å². The van der Waals surface area contributed by atoms with Crippen LogP contribution in [-0.2, 0) is 0 Å². The minimum atomic E-state index is -1.01. The Hall–Kier alpha value is -2.11. The maximum atomic E-state index is 11.1. The quantitative estimate of drug-likeness (QED) is 0.713. The fraction of sp³-hybridized carbons (Fsp3) is 0.222. The molecule has 0 aromatic carbocycles. The zero-order chi connectivity index (χ0) is 11.2. The molecule has 0 saturated carbocycles. The lowest BCUT2D eigenvalue weighted by Gasteiger charge is -1.98. The van der Waals surface area contributed by atoms with Gasteiger partial charge in [-0.25, -0.2) is 14.3 Å². The smallest absolute Gasteiger partial charge is 0.338 e. The van der Waals surface area contributed by atoms with Crippen LogP contribution in [0.5, 0.6) is 0 Å². The van der Waals surface area contributed by atoms with Crippen LogP contribution in [0.2, 0.25) is 0 Å². The molecule has 0 bridgehead atoms. The van der Waals surface area contributed by atoms with Crippen molar-refractivity contribution in [2.24, 2.45) is 0 Å². The molecule has 0 saturated heterocycles. The molecule has 0 aliphatic heterocycles. The molecule has 2 aromatic heterocycles. The summed E-state index contributed by atoms with van der Waals surface area (Å²) in [5.41, 5.74) is 7.60. The van der Waals surface area contributed by atoms with Crippen LogP contribution in [0.15, 0.2) is 6.33 Å². The summed E-state index contributed by atoms with van der Waals surface area (Å²) in [7, 11) is 0. The molecule has 2 heterocycles. The number of nitrogens with two attached hydrogens (primary N) is 1. The predicted molar refractivity (Wildman–Crippen MR) is 53.8 cm³/mol. The fourth-order valence-electron chi connectivity index (χ4n) is 1.63. The van der Waals surface area contributed by atoms with Gasteiger partial charge in [0.2, 0.25) is 0 Å². The molecule has 0 fully saturated rings. The highest BCUT2D eigenvalue weighted by atomic mass is 16.4. The SMILES string of the molecule is Cc1c(C(=O)O)c2c(N)ncnn2c1C. The van der Waals surface area contributed by atoms with Crippen LogP contribution in [0, 0.1) is 13.8 Å². The molecule has 0 atom stereocenters. The van der Waals surface area contributed by atoms with E-state index in [9.17, 15) is 4.79 Å². The second-order valence-electron chi connectivity index (χ2n) is 3.30. The maximum absolute atomic E-state index is 11.1. The van der Waals surface area contributed by atoms with Gasteiger partial charge in [0.15, 0.2) is 5.82 Å². The highest BCUT2D eigenvalue weighted by Crippen LogP contribution is 2.24. The van der Waals surface area contributed by atoms with Crippen LogP contribution in [0.25, 0.3) is 5.52 Å². The number of rotatable bonds is 1. The first-order chi connectivity index (χ1) is 7.04. The van der Waals surface area contributed by atoms with E-state index in [2.05, 4.69) is 10.1 Å². The summed E-state index contributed by atoms with van der Waals surface area (Å²) in [4.78, 5) is 14.9. The van der Waals surface area contributed by atoms with Crippen molar-refractivity contribution in [3.8, 4) is 0 Å².